The Morgan fingerprint density at radius 1 is 0.759 bits per heavy atom. The lowest BCUT2D eigenvalue weighted by molar-refractivity contribution is 0.180. The number of hydrogen-bond donors (Lipinski definition) is 1. The number of anilines is 1. The van der Waals surface area contributed by atoms with Gasteiger partial charge in [0.25, 0.3) is 10.2 Å². The second-order valence-electron chi connectivity index (χ2n) is 7.66. The molecule has 2 aromatic rings. The Kier molecular flexibility index (Phi) is 6.03. The molecule has 0 aromatic heterocycles. The monoisotopic (exact) mass is 416 g/mol. The van der Waals surface area contributed by atoms with Crippen molar-refractivity contribution in [2.24, 2.45) is 0 Å². The minimum absolute atomic E-state index is 0.187. The van der Waals surface area contributed by atoms with Gasteiger partial charge in [-0.1, -0.05) is 49.2 Å². The van der Waals surface area contributed by atoms with Crippen LogP contribution in [0.1, 0.15) is 25.7 Å². The molecule has 0 aliphatic carbocycles. The molecule has 0 saturated carbocycles. The fraction of sp³-hybridized carbons (Fsp3) is 0.476. The van der Waals surface area contributed by atoms with E-state index in [1.54, 1.807) is 9.21 Å². The van der Waals surface area contributed by atoms with Crippen LogP contribution in [0.25, 0.3) is 10.8 Å². The standard InChI is InChI=1S/C21H28N4O3S/c26-21(22-20-11-7-9-18-8-3-4-10-19(18)20)23-14-16-25(17-15-23)29(27,28)24-12-5-1-2-6-13-24/h3-4,7-11H,1-2,5-6,12-17H2,(H,22,26). The molecule has 1 N–H and O–H groups in total. The van der Waals surface area contributed by atoms with Gasteiger partial charge in [0.2, 0.25) is 0 Å². The highest BCUT2D eigenvalue weighted by molar-refractivity contribution is 7.86. The number of amides is 2. The molecule has 2 aliphatic heterocycles. The molecule has 4 rings (SSSR count). The van der Waals surface area contributed by atoms with Crippen molar-refractivity contribution in [1.29, 1.82) is 0 Å². The summed E-state index contributed by atoms with van der Waals surface area (Å²) in [6, 6.07) is 13.5. The summed E-state index contributed by atoms with van der Waals surface area (Å²) in [5.74, 6) is 0. The summed E-state index contributed by atoms with van der Waals surface area (Å²) in [7, 11) is -3.44. The van der Waals surface area contributed by atoms with Gasteiger partial charge in [-0.2, -0.15) is 17.0 Å². The van der Waals surface area contributed by atoms with Crippen molar-refractivity contribution < 1.29 is 13.2 Å². The van der Waals surface area contributed by atoms with Gasteiger partial charge >= 0.3 is 6.03 Å². The predicted molar refractivity (Wildman–Crippen MR) is 115 cm³/mol. The van der Waals surface area contributed by atoms with Crippen molar-refractivity contribution in [3.63, 3.8) is 0 Å². The maximum atomic E-state index is 12.9. The first-order valence-corrected chi connectivity index (χ1v) is 11.7. The van der Waals surface area contributed by atoms with Crippen LogP contribution in [-0.2, 0) is 10.2 Å². The number of rotatable bonds is 3. The third kappa shape index (κ3) is 4.39. The molecule has 2 amide bonds. The van der Waals surface area contributed by atoms with Gasteiger partial charge in [0.1, 0.15) is 0 Å². The smallest absolute Gasteiger partial charge is 0.321 e. The van der Waals surface area contributed by atoms with E-state index < -0.39 is 10.2 Å². The zero-order valence-corrected chi connectivity index (χ0v) is 17.4. The van der Waals surface area contributed by atoms with Crippen LogP contribution in [-0.4, -0.2) is 67.2 Å². The fourth-order valence-electron chi connectivity index (χ4n) is 4.09. The van der Waals surface area contributed by atoms with Crippen LogP contribution in [0.15, 0.2) is 42.5 Å². The maximum absolute atomic E-state index is 12.9. The van der Waals surface area contributed by atoms with Gasteiger partial charge in [-0.05, 0) is 24.3 Å². The molecule has 0 spiro atoms. The van der Waals surface area contributed by atoms with Gasteiger partial charge in [0.05, 0.1) is 5.69 Å². The van der Waals surface area contributed by atoms with Crippen molar-refractivity contribution >= 4 is 32.7 Å². The Hall–Kier alpha value is -2.16. The number of urea groups is 1. The molecule has 7 nitrogen and oxygen atoms in total. The average molecular weight is 417 g/mol. The highest BCUT2D eigenvalue weighted by atomic mass is 32.2. The van der Waals surface area contributed by atoms with Crippen LogP contribution in [0.5, 0.6) is 0 Å². The third-order valence-corrected chi connectivity index (χ3v) is 7.81. The first kappa shape index (κ1) is 20.1. The van der Waals surface area contributed by atoms with Crippen molar-refractivity contribution in [2.45, 2.75) is 25.7 Å². The molecule has 0 bridgehead atoms. The van der Waals surface area contributed by atoms with E-state index in [1.807, 2.05) is 42.5 Å². The molecule has 156 valence electrons. The molecule has 0 radical (unpaired) electrons. The molecule has 2 fully saturated rings. The molecule has 2 saturated heterocycles. The summed E-state index contributed by atoms with van der Waals surface area (Å²) in [6.07, 6.45) is 4.03. The van der Waals surface area contributed by atoms with Gasteiger partial charge < -0.3 is 10.2 Å². The minimum Gasteiger partial charge on any atom is -0.322 e. The summed E-state index contributed by atoms with van der Waals surface area (Å²) in [5, 5.41) is 5.05. The quantitative estimate of drug-likeness (QED) is 0.836. The SMILES string of the molecule is O=C(Nc1cccc2ccccc12)N1CCN(S(=O)(=O)N2CCCCCC2)CC1. The summed E-state index contributed by atoms with van der Waals surface area (Å²) in [5.41, 5.74) is 0.771. The van der Waals surface area contributed by atoms with Gasteiger partial charge in [-0.3, -0.25) is 0 Å². The third-order valence-electron chi connectivity index (χ3n) is 5.77. The van der Waals surface area contributed by atoms with Crippen LogP contribution in [0.4, 0.5) is 10.5 Å². The van der Waals surface area contributed by atoms with E-state index in [9.17, 15) is 13.2 Å². The molecule has 2 aliphatic rings. The number of nitrogens with zero attached hydrogens (tertiary/aromatic N) is 3. The second-order valence-corrected chi connectivity index (χ2v) is 9.59. The first-order valence-electron chi connectivity index (χ1n) is 10.3. The number of nitrogens with one attached hydrogen (secondary N) is 1. The van der Waals surface area contributed by atoms with Crippen LogP contribution in [0.2, 0.25) is 0 Å². The number of piperazine rings is 1. The van der Waals surface area contributed by atoms with Crippen molar-refractivity contribution in [3.05, 3.63) is 42.5 Å². The maximum Gasteiger partial charge on any atom is 0.321 e. The first-order chi connectivity index (χ1) is 14.1. The summed E-state index contributed by atoms with van der Waals surface area (Å²) in [6.45, 7) is 2.66. The number of hydrogen-bond acceptors (Lipinski definition) is 3. The van der Waals surface area contributed by atoms with Crippen LogP contribution in [0.3, 0.4) is 0 Å². The number of carbonyl (C=O) groups is 1. The lowest BCUT2D eigenvalue weighted by atomic mass is 10.1. The van der Waals surface area contributed by atoms with E-state index in [0.29, 0.717) is 39.3 Å². The molecular formula is C21H28N4O3S. The Morgan fingerprint density at radius 2 is 1.38 bits per heavy atom. The number of fused-ring (bicyclic) bond motifs is 1. The van der Waals surface area contributed by atoms with E-state index in [2.05, 4.69) is 5.32 Å². The Balaban J connectivity index is 1.38. The van der Waals surface area contributed by atoms with E-state index in [0.717, 1.165) is 42.1 Å². The highest BCUT2D eigenvalue weighted by Gasteiger charge is 2.33. The molecule has 2 heterocycles. The summed E-state index contributed by atoms with van der Waals surface area (Å²) < 4.78 is 29.0. The van der Waals surface area contributed by atoms with E-state index in [-0.39, 0.29) is 6.03 Å². The molecular weight excluding hydrogens is 388 g/mol. The van der Waals surface area contributed by atoms with Crippen molar-refractivity contribution in [1.82, 2.24) is 13.5 Å². The van der Waals surface area contributed by atoms with Gasteiger partial charge in [-0.15, -0.1) is 0 Å². The van der Waals surface area contributed by atoms with E-state index in [1.165, 1.54) is 4.31 Å². The fourth-order valence-corrected chi connectivity index (χ4v) is 5.76. The van der Waals surface area contributed by atoms with Gasteiger partial charge in [0.15, 0.2) is 0 Å². The predicted octanol–water partition coefficient (Wildman–Crippen LogP) is 3.11. The molecule has 2 aromatic carbocycles. The Bertz CT molecular complexity index is 958. The van der Waals surface area contributed by atoms with E-state index >= 15 is 0 Å². The van der Waals surface area contributed by atoms with Crippen LogP contribution in [0, 0.1) is 0 Å². The van der Waals surface area contributed by atoms with Crippen LogP contribution >= 0.6 is 0 Å². The van der Waals surface area contributed by atoms with Crippen molar-refractivity contribution in [2.75, 3.05) is 44.6 Å². The molecule has 0 unspecified atom stereocenters. The Morgan fingerprint density at radius 3 is 2.10 bits per heavy atom. The van der Waals surface area contributed by atoms with Crippen LogP contribution < -0.4 is 5.32 Å². The Labute approximate surface area is 172 Å². The lowest BCUT2D eigenvalue weighted by Crippen LogP contribution is -2.55. The molecule has 8 heteroatoms. The number of carbonyl (C=O) groups excluding carboxylic acids is 1. The highest BCUT2D eigenvalue weighted by Crippen LogP contribution is 2.24. The zero-order chi connectivity index (χ0) is 20.3. The summed E-state index contributed by atoms with van der Waals surface area (Å²) in [4.78, 5) is 14.4. The molecule has 0 atom stereocenters. The molecule has 29 heavy (non-hydrogen) atoms. The minimum atomic E-state index is -3.44. The second kappa shape index (κ2) is 8.69. The number of benzene rings is 2. The summed E-state index contributed by atoms with van der Waals surface area (Å²) >= 11 is 0. The lowest BCUT2D eigenvalue weighted by Gasteiger charge is -2.36. The van der Waals surface area contributed by atoms with Gasteiger partial charge in [-0.25, -0.2) is 4.79 Å². The van der Waals surface area contributed by atoms with Gasteiger partial charge in [0, 0.05) is 44.7 Å². The normalized spacial score (nSPS) is 19.8. The topological polar surface area (TPSA) is 73.0 Å². The van der Waals surface area contributed by atoms with E-state index in [4.69, 9.17) is 0 Å². The largest absolute Gasteiger partial charge is 0.322 e. The average Bonchev–Trinajstić information content (AvgIpc) is 3.04. The van der Waals surface area contributed by atoms with Crippen molar-refractivity contribution in [3.8, 4) is 0 Å². The zero-order valence-electron chi connectivity index (χ0n) is 16.6.